The van der Waals surface area contributed by atoms with Crippen LogP contribution in [0.2, 0.25) is 0 Å². The van der Waals surface area contributed by atoms with E-state index in [0.717, 1.165) is 19.3 Å². The molecule has 0 amide bonds. The first-order valence-electron chi connectivity index (χ1n) is 6.14. The monoisotopic (exact) mass is 239 g/mol. The van der Waals surface area contributed by atoms with Crippen LogP contribution in [0.5, 0.6) is 5.75 Å². The maximum Gasteiger partial charge on any atom is 0.131 e. The molecule has 0 heterocycles. The van der Waals surface area contributed by atoms with Crippen LogP contribution < -0.4 is 10.5 Å². The van der Waals surface area contributed by atoms with Crippen LogP contribution in [0.4, 0.5) is 4.39 Å². The van der Waals surface area contributed by atoms with Gasteiger partial charge >= 0.3 is 0 Å². The lowest BCUT2D eigenvalue weighted by Crippen LogP contribution is -2.13. The quantitative estimate of drug-likeness (QED) is 0.822. The van der Waals surface area contributed by atoms with E-state index >= 15 is 0 Å². The zero-order chi connectivity index (χ0) is 12.8. The molecule has 96 valence electrons. The fraction of sp³-hybridized carbons (Fsp3) is 0.571. The molecule has 1 unspecified atom stereocenters. The molecule has 0 radical (unpaired) electrons. The first-order valence-corrected chi connectivity index (χ1v) is 6.14. The smallest absolute Gasteiger partial charge is 0.131 e. The largest absolute Gasteiger partial charge is 0.496 e. The number of hydrogen-bond acceptors (Lipinski definition) is 2. The summed E-state index contributed by atoms with van der Waals surface area (Å²) in [6, 6.07) is 4.53. The molecule has 17 heavy (non-hydrogen) atoms. The summed E-state index contributed by atoms with van der Waals surface area (Å²) in [7, 11) is 1.54. The van der Waals surface area contributed by atoms with Crippen LogP contribution in [0.3, 0.4) is 0 Å². The number of methoxy groups -OCH3 is 1. The van der Waals surface area contributed by atoms with Gasteiger partial charge in [-0.3, -0.25) is 0 Å². The van der Waals surface area contributed by atoms with Crippen LogP contribution >= 0.6 is 0 Å². The minimum Gasteiger partial charge on any atom is -0.496 e. The van der Waals surface area contributed by atoms with Gasteiger partial charge in [-0.1, -0.05) is 32.8 Å². The van der Waals surface area contributed by atoms with Crippen molar-refractivity contribution >= 4 is 0 Å². The molecule has 1 aromatic rings. The molecular formula is C14H22FNO. The number of rotatable bonds is 6. The maximum atomic E-state index is 13.7. The lowest BCUT2D eigenvalue weighted by molar-refractivity contribution is 0.394. The Kier molecular flexibility index (Phi) is 5.42. The predicted molar refractivity (Wildman–Crippen MR) is 68.6 cm³/mol. The number of nitrogens with two attached hydrogens (primary N) is 1. The third-order valence-electron chi connectivity index (χ3n) is 2.90. The van der Waals surface area contributed by atoms with Crippen LogP contribution in [-0.2, 0) is 0 Å². The molecule has 2 nitrogen and oxygen atoms in total. The van der Waals surface area contributed by atoms with Crippen LogP contribution in [0.1, 0.15) is 44.7 Å². The van der Waals surface area contributed by atoms with E-state index in [1.54, 1.807) is 19.2 Å². The van der Waals surface area contributed by atoms with Crippen LogP contribution in [-0.4, -0.2) is 7.11 Å². The minimum atomic E-state index is -0.287. The van der Waals surface area contributed by atoms with Gasteiger partial charge in [0.05, 0.1) is 7.11 Å². The molecule has 1 rings (SSSR count). The van der Waals surface area contributed by atoms with E-state index < -0.39 is 0 Å². The summed E-state index contributed by atoms with van der Waals surface area (Å²) in [6.07, 6.45) is 2.91. The molecule has 0 bridgehead atoms. The second-order valence-corrected chi connectivity index (χ2v) is 4.79. The molecule has 0 aromatic heterocycles. The molecule has 0 spiro atoms. The minimum absolute atomic E-state index is 0.276. The van der Waals surface area contributed by atoms with Gasteiger partial charge in [-0.15, -0.1) is 0 Å². The molecule has 0 saturated heterocycles. The zero-order valence-corrected chi connectivity index (χ0v) is 10.9. The van der Waals surface area contributed by atoms with Gasteiger partial charge in [0.2, 0.25) is 0 Å². The summed E-state index contributed by atoms with van der Waals surface area (Å²) in [4.78, 5) is 0. The Labute approximate surface area is 103 Å². The Bertz CT molecular complexity index is 352. The molecule has 0 aliphatic rings. The molecule has 2 N–H and O–H groups in total. The highest BCUT2D eigenvalue weighted by Gasteiger charge is 2.16. The van der Waals surface area contributed by atoms with E-state index in [2.05, 4.69) is 13.8 Å². The molecule has 0 fully saturated rings. The van der Waals surface area contributed by atoms with Gasteiger partial charge in [0, 0.05) is 11.6 Å². The van der Waals surface area contributed by atoms with Gasteiger partial charge in [0.1, 0.15) is 11.6 Å². The summed E-state index contributed by atoms with van der Waals surface area (Å²) in [5, 5.41) is 0. The van der Waals surface area contributed by atoms with Crippen molar-refractivity contribution in [3.8, 4) is 5.75 Å². The van der Waals surface area contributed by atoms with E-state index in [0.29, 0.717) is 17.2 Å². The van der Waals surface area contributed by atoms with Gasteiger partial charge in [0.25, 0.3) is 0 Å². The third kappa shape index (κ3) is 4.00. The van der Waals surface area contributed by atoms with Crippen LogP contribution in [0.25, 0.3) is 0 Å². The molecule has 0 aliphatic carbocycles. The van der Waals surface area contributed by atoms with Crippen molar-refractivity contribution < 1.29 is 9.13 Å². The fourth-order valence-electron chi connectivity index (χ4n) is 1.95. The van der Waals surface area contributed by atoms with Gasteiger partial charge in [-0.25, -0.2) is 4.39 Å². The SMILES string of the molecule is COc1cccc(F)c1C(N)CCCC(C)C. The van der Waals surface area contributed by atoms with E-state index in [1.807, 2.05) is 0 Å². The number of benzene rings is 1. The van der Waals surface area contributed by atoms with E-state index in [1.165, 1.54) is 6.07 Å². The zero-order valence-electron chi connectivity index (χ0n) is 10.9. The Morgan fingerprint density at radius 3 is 2.59 bits per heavy atom. The topological polar surface area (TPSA) is 35.2 Å². The highest BCUT2D eigenvalue weighted by Crippen LogP contribution is 2.29. The van der Waals surface area contributed by atoms with Crippen molar-refractivity contribution in [2.24, 2.45) is 11.7 Å². The first kappa shape index (κ1) is 14.0. The van der Waals surface area contributed by atoms with Crippen molar-refractivity contribution in [1.82, 2.24) is 0 Å². The summed E-state index contributed by atoms with van der Waals surface area (Å²) < 4.78 is 18.9. The Morgan fingerprint density at radius 1 is 1.29 bits per heavy atom. The predicted octanol–water partition coefficient (Wildman–Crippen LogP) is 3.66. The average Bonchev–Trinajstić information content (AvgIpc) is 2.27. The Balaban J connectivity index is 2.70. The van der Waals surface area contributed by atoms with Crippen molar-refractivity contribution in [3.63, 3.8) is 0 Å². The lowest BCUT2D eigenvalue weighted by atomic mass is 9.97. The highest BCUT2D eigenvalue weighted by atomic mass is 19.1. The second kappa shape index (κ2) is 6.60. The highest BCUT2D eigenvalue weighted by molar-refractivity contribution is 5.36. The van der Waals surface area contributed by atoms with Crippen molar-refractivity contribution in [2.45, 2.75) is 39.2 Å². The molecule has 1 aromatic carbocycles. The summed E-state index contributed by atoms with van der Waals surface area (Å²) in [5.41, 5.74) is 6.54. The second-order valence-electron chi connectivity index (χ2n) is 4.79. The Morgan fingerprint density at radius 2 is 2.00 bits per heavy atom. The summed E-state index contributed by atoms with van der Waals surface area (Å²) in [6.45, 7) is 4.35. The van der Waals surface area contributed by atoms with E-state index in [9.17, 15) is 4.39 Å². The first-order chi connectivity index (χ1) is 8.06. The van der Waals surface area contributed by atoms with Crippen LogP contribution in [0, 0.1) is 11.7 Å². The van der Waals surface area contributed by atoms with Gasteiger partial charge in [-0.2, -0.15) is 0 Å². The van der Waals surface area contributed by atoms with Gasteiger partial charge in [-0.05, 0) is 24.5 Å². The standard InChI is InChI=1S/C14H22FNO/c1-10(2)6-4-8-12(16)14-11(15)7-5-9-13(14)17-3/h5,7,9-10,12H,4,6,8,16H2,1-3H3. The van der Waals surface area contributed by atoms with Gasteiger partial charge in [0.15, 0.2) is 0 Å². The molecular weight excluding hydrogens is 217 g/mol. The number of hydrogen-bond donors (Lipinski definition) is 1. The van der Waals surface area contributed by atoms with Crippen molar-refractivity contribution in [3.05, 3.63) is 29.6 Å². The van der Waals surface area contributed by atoms with E-state index in [4.69, 9.17) is 10.5 Å². The third-order valence-corrected chi connectivity index (χ3v) is 2.90. The van der Waals surface area contributed by atoms with E-state index in [-0.39, 0.29) is 11.9 Å². The summed E-state index contributed by atoms with van der Waals surface area (Å²) >= 11 is 0. The molecule has 0 saturated carbocycles. The number of halogens is 1. The molecule has 1 atom stereocenters. The normalized spacial score (nSPS) is 12.8. The van der Waals surface area contributed by atoms with Crippen molar-refractivity contribution in [2.75, 3.05) is 7.11 Å². The summed E-state index contributed by atoms with van der Waals surface area (Å²) in [5.74, 6) is 0.924. The van der Waals surface area contributed by atoms with Gasteiger partial charge < -0.3 is 10.5 Å². The number of ether oxygens (including phenoxy) is 1. The molecule has 0 aliphatic heterocycles. The fourth-order valence-corrected chi connectivity index (χ4v) is 1.95. The van der Waals surface area contributed by atoms with Crippen LogP contribution in [0.15, 0.2) is 18.2 Å². The van der Waals surface area contributed by atoms with Crippen molar-refractivity contribution in [1.29, 1.82) is 0 Å². The Hall–Kier alpha value is -1.09. The lowest BCUT2D eigenvalue weighted by Gasteiger charge is -2.16. The maximum absolute atomic E-state index is 13.7. The molecule has 3 heteroatoms. The average molecular weight is 239 g/mol.